The molecule has 2 aromatic carbocycles. The SMILES string of the molecule is O=C(NN=Cc1ccccc1OCc1ccc(Cl)cc1)c1ccccn1. The molecule has 0 fully saturated rings. The Bertz CT molecular complexity index is 896. The minimum Gasteiger partial charge on any atom is -0.488 e. The lowest BCUT2D eigenvalue weighted by molar-refractivity contribution is 0.0950. The van der Waals surface area contributed by atoms with Crippen molar-refractivity contribution in [2.45, 2.75) is 6.61 Å². The fraction of sp³-hybridized carbons (Fsp3) is 0.0500. The zero-order valence-corrected chi connectivity index (χ0v) is 14.6. The highest BCUT2D eigenvalue weighted by Crippen LogP contribution is 2.18. The number of halogens is 1. The van der Waals surface area contributed by atoms with Crippen LogP contribution in [0.25, 0.3) is 0 Å². The highest BCUT2D eigenvalue weighted by molar-refractivity contribution is 6.30. The van der Waals surface area contributed by atoms with E-state index in [-0.39, 0.29) is 5.91 Å². The van der Waals surface area contributed by atoms with Crippen molar-refractivity contribution in [3.63, 3.8) is 0 Å². The molecule has 0 aliphatic rings. The number of hydrazone groups is 1. The summed E-state index contributed by atoms with van der Waals surface area (Å²) in [6, 6.07) is 20.0. The Labute approximate surface area is 156 Å². The molecule has 1 N–H and O–H groups in total. The molecular formula is C20H16ClN3O2. The predicted molar refractivity (Wildman–Crippen MR) is 102 cm³/mol. The molecule has 0 saturated carbocycles. The molecule has 0 atom stereocenters. The number of carbonyl (C=O) groups excluding carboxylic acids is 1. The van der Waals surface area contributed by atoms with Gasteiger partial charge in [0.15, 0.2) is 0 Å². The second kappa shape index (κ2) is 8.78. The first kappa shape index (κ1) is 17.6. The minimum absolute atomic E-state index is 0.303. The summed E-state index contributed by atoms with van der Waals surface area (Å²) < 4.78 is 5.85. The molecule has 0 saturated heterocycles. The van der Waals surface area contributed by atoms with Crippen molar-refractivity contribution in [2.75, 3.05) is 0 Å². The smallest absolute Gasteiger partial charge is 0.289 e. The summed E-state index contributed by atoms with van der Waals surface area (Å²) in [5.74, 6) is 0.291. The van der Waals surface area contributed by atoms with Crippen LogP contribution in [-0.2, 0) is 6.61 Å². The highest BCUT2D eigenvalue weighted by Gasteiger charge is 2.05. The third-order valence-corrected chi connectivity index (χ3v) is 3.75. The Morgan fingerprint density at radius 3 is 2.62 bits per heavy atom. The van der Waals surface area contributed by atoms with Gasteiger partial charge >= 0.3 is 0 Å². The van der Waals surface area contributed by atoms with Crippen LogP contribution >= 0.6 is 11.6 Å². The fourth-order valence-corrected chi connectivity index (χ4v) is 2.30. The zero-order chi connectivity index (χ0) is 18.2. The van der Waals surface area contributed by atoms with Gasteiger partial charge in [-0.2, -0.15) is 5.10 Å². The fourth-order valence-electron chi connectivity index (χ4n) is 2.18. The van der Waals surface area contributed by atoms with Crippen LogP contribution in [0.15, 0.2) is 78.0 Å². The zero-order valence-electron chi connectivity index (χ0n) is 13.8. The average Bonchev–Trinajstić information content (AvgIpc) is 2.69. The van der Waals surface area contributed by atoms with Crippen LogP contribution in [-0.4, -0.2) is 17.1 Å². The van der Waals surface area contributed by atoms with Crippen molar-refractivity contribution >= 4 is 23.7 Å². The average molecular weight is 366 g/mol. The Morgan fingerprint density at radius 2 is 1.85 bits per heavy atom. The number of nitrogens with zero attached hydrogens (tertiary/aromatic N) is 2. The number of nitrogens with one attached hydrogen (secondary N) is 1. The first-order valence-corrected chi connectivity index (χ1v) is 8.31. The van der Waals surface area contributed by atoms with Crippen LogP contribution in [0.3, 0.4) is 0 Å². The van der Waals surface area contributed by atoms with E-state index in [0.29, 0.717) is 23.1 Å². The Morgan fingerprint density at radius 1 is 1.08 bits per heavy atom. The summed E-state index contributed by atoms with van der Waals surface area (Å²) in [5.41, 5.74) is 4.51. The van der Waals surface area contributed by atoms with E-state index in [1.165, 1.54) is 6.21 Å². The molecule has 3 aromatic rings. The van der Waals surface area contributed by atoms with Crippen LogP contribution in [0.2, 0.25) is 5.02 Å². The van der Waals surface area contributed by atoms with Gasteiger partial charge in [0.05, 0.1) is 6.21 Å². The summed E-state index contributed by atoms with van der Waals surface area (Å²) >= 11 is 5.88. The Hall–Kier alpha value is -3.18. The number of hydrogen-bond acceptors (Lipinski definition) is 4. The first-order chi connectivity index (χ1) is 12.7. The van der Waals surface area contributed by atoms with Crippen molar-refractivity contribution in [1.29, 1.82) is 0 Å². The van der Waals surface area contributed by atoms with E-state index in [4.69, 9.17) is 16.3 Å². The van der Waals surface area contributed by atoms with E-state index in [2.05, 4.69) is 15.5 Å². The predicted octanol–water partition coefficient (Wildman–Crippen LogP) is 4.08. The lowest BCUT2D eigenvalue weighted by Crippen LogP contribution is -2.18. The lowest BCUT2D eigenvalue weighted by Gasteiger charge is -2.09. The molecule has 1 amide bonds. The van der Waals surface area contributed by atoms with Crippen molar-refractivity contribution in [1.82, 2.24) is 10.4 Å². The molecule has 0 spiro atoms. The van der Waals surface area contributed by atoms with Crippen LogP contribution < -0.4 is 10.2 Å². The van der Waals surface area contributed by atoms with Gasteiger partial charge in [0.1, 0.15) is 18.1 Å². The van der Waals surface area contributed by atoms with Crippen LogP contribution in [0.5, 0.6) is 5.75 Å². The quantitative estimate of drug-likeness (QED) is 0.529. The number of para-hydroxylation sites is 1. The van der Waals surface area contributed by atoms with Crippen LogP contribution in [0, 0.1) is 0 Å². The summed E-state index contributed by atoms with van der Waals surface area (Å²) in [6.07, 6.45) is 3.09. The normalized spacial score (nSPS) is 10.7. The molecular weight excluding hydrogens is 350 g/mol. The maximum absolute atomic E-state index is 11.9. The van der Waals surface area contributed by atoms with E-state index in [1.54, 1.807) is 24.4 Å². The van der Waals surface area contributed by atoms with Crippen molar-refractivity contribution in [2.24, 2.45) is 5.10 Å². The number of ether oxygens (including phenoxy) is 1. The van der Waals surface area contributed by atoms with Gasteiger partial charge in [-0.15, -0.1) is 0 Å². The van der Waals surface area contributed by atoms with Crippen LogP contribution in [0.4, 0.5) is 0 Å². The summed E-state index contributed by atoms with van der Waals surface area (Å²) in [4.78, 5) is 15.9. The summed E-state index contributed by atoms with van der Waals surface area (Å²) in [6.45, 7) is 0.405. The third kappa shape index (κ3) is 4.91. The number of aromatic nitrogens is 1. The maximum Gasteiger partial charge on any atom is 0.289 e. The molecule has 0 radical (unpaired) electrons. The van der Waals surface area contributed by atoms with E-state index < -0.39 is 0 Å². The molecule has 0 aliphatic carbocycles. The van der Waals surface area contributed by atoms with Gasteiger partial charge in [0.25, 0.3) is 5.91 Å². The molecule has 26 heavy (non-hydrogen) atoms. The Balaban J connectivity index is 1.63. The maximum atomic E-state index is 11.9. The number of benzene rings is 2. The van der Waals surface area contributed by atoms with Gasteiger partial charge in [0.2, 0.25) is 0 Å². The van der Waals surface area contributed by atoms with Gasteiger partial charge in [-0.1, -0.05) is 41.9 Å². The monoisotopic (exact) mass is 365 g/mol. The molecule has 0 bridgehead atoms. The molecule has 3 rings (SSSR count). The molecule has 0 aliphatic heterocycles. The Kier molecular flexibility index (Phi) is 5.96. The van der Waals surface area contributed by atoms with Crippen molar-refractivity contribution in [3.8, 4) is 5.75 Å². The van der Waals surface area contributed by atoms with E-state index in [0.717, 1.165) is 11.1 Å². The van der Waals surface area contributed by atoms with E-state index in [1.807, 2.05) is 48.5 Å². The van der Waals surface area contributed by atoms with Gasteiger partial charge in [-0.3, -0.25) is 9.78 Å². The molecule has 1 heterocycles. The number of hydrogen-bond donors (Lipinski definition) is 1. The van der Waals surface area contributed by atoms with Gasteiger partial charge in [0, 0.05) is 16.8 Å². The molecule has 6 heteroatoms. The molecule has 5 nitrogen and oxygen atoms in total. The third-order valence-electron chi connectivity index (χ3n) is 3.49. The van der Waals surface area contributed by atoms with Gasteiger partial charge < -0.3 is 4.74 Å². The molecule has 0 unspecified atom stereocenters. The topological polar surface area (TPSA) is 63.6 Å². The van der Waals surface area contributed by atoms with Crippen LogP contribution in [0.1, 0.15) is 21.6 Å². The number of amides is 1. The molecule has 1 aromatic heterocycles. The highest BCUT2D eigenvalue weighted by atomic mass is 35.5. The van der Waals surface area contributed by atoms with E-state index in [9.17, 15) is 4.79 Å². The first-order valence-electron chi connectivity index (χ1n) is 7.93. The summed E-state index contributed by atoms with van der Waals surface area (Å²) in [5, 5.41) is 4.67. The number of pyridine rings is 1. The van der Waals surface area contributed by atoms with Gasteiger partial charge in [-0.25, -0.2) is 5.43 Å². The van der Waals surface area contributed by atoms with Gasteiger partial charge in [-0.05, 0) is 42.0 Å². The standard InChI is InChI=1S/C20H16ClN3O2/c21-17-10-8-15(9-11-17)14-26-19-7-2-1-5-16(19)13-23-24-20(25)18-6-3-4-12-22-18/h1-13H,14H2,(H,24,25). The van der Waals surface area contributed by atoms with Crippen molar-refractivity contribution in [3.05, 3.63) is 94.8 Å². The largest absolute Gasteiger partial charge is 0.488 e. The van der Waals surface area contributed by atoms with E-state index >= 15 is 0 Å². The number of rotatable bonds is 6. The summed E-state index contributed by atoms with van der Waals surface area (Å²) in [7, 11) is 0. The molecule has 130 valence electrons. The minimum atomic E-state index is -0.374. The second-order valence-electron chi connectivity index (χ2n) is 5.37. The number of carbonyl (C=O) groups is 1. The lowest BCUT2D eigenvalue weighted by atomic mass is 10.2. The van der Waals surface area contributed by atoms with Crippen molar-refractivity contribution < 1.29 is 9.53 Å². The second-order valence-corrected chi connectivity index (χ2v) is 5.80.